The molecule has 1 N–H and O–H groups in total. The zero-order valence-corrected chi connectivity index (χ0v) is 12.6. The molecule has 1 amide bonds. The maximum atomic E-state index is 12.3. The highest BCUT2D eigenvalue weighted by Crippen LogP contribution is 2.22. The Balaban J connectivity index is 3.01. The predicted octanol–water partition coefficient (Wildman–Crippen LogP) is 2.67. The van der Waals surface area contributed by atoms with Gasteiger partial charge in [-0.05, 0) is 30.7 Å². The molecule has 0 unspecified atom stereocenters. The van der Waals surface area contributed by atoms with Crippen molar-refractivity contribution in [2.75, 3.05) is 20.7 Å². The summed E-state index contributed by atoms with van der Waals surface area (Å²) >= 11 is 0. The van der Waals surface area contributed by atoms with Gasteiger partial charge in [-0.2, -0.15) is 0 Å². The Morgan fingerprint density at radius 1 is 1.38 bits per heavy atom. The summed E-state index contributed by atoms with van der Waals surface area (Å²) in [6.45, 7) is 2.77. The first-order valence-electron chi connectivity index (χ1n) is 6.84. The molecule has 0 aliphatic heterocycles. The van der Waals surface area contributed by atoms with Gasteiger partial charge in [-0.25, -0.2) is 4.79 Å². The van der Waals surface area contributed by atoms with E-state index in [1.807, 2.05) is 0 Å². The lowest BCUT2D eigenvalue weighted by molar-refractivity contribution is -0.131. The minimum atomic E-state index is -1.05. The molecule has 0 saturated heterocycles. The van der Waals surface area contributed by atoms with Crippen molar-refractivity contribution in [2.24, 2.45) is 0 Å². The monoisotopic (exact) mass is 291 g/mol. The molecular weight excluding hydrogens is 270 g/mol. The molecule has 1 rings (SSSR count). The SMILES string of the molecule is CCCCN(C)C(=O)c1ccc(OC)c(C=CC(=O)O)c1. The van der Waals surface area contributed by atoms with Crippen molar-refractivity contribution in [1.29, 1.82) is 0 Å². The molecule has 1 aromatic carbocycles. The van der Waals surface area contributed by atoms with Crippen LogP contribution in [0.3, 0.4) is 0 Å². The fourth-order valence-corrected chi connectivity index (χ4v) is 1.88. The van der Waals surface area contributed by atoms with Gasteiger partial charge in [0.2, 0.25) is 0 Å². The van der Waals surface area contributed by atoms with E-state index >= 15 is 0 Å². The van der Waals surface area contributed by atoms with Gasteiger partial charge in [0, 0.05) is 30.8 Å². The molecule has 0 bridgehead atoms. The van der Waals surface area contributed by atoms with Crippen LogP contribution in [-0.4, -0.2) is 42.6 Å². The number of carboxylic acid groups (broad SMARTS) is 1. The van der Waals surface area contributed by atoms with E-state index in [0.717, 1.165) is 18.9 Å². The van der Waals surface area contributed by atoms with Gasteiger partial charge in [0.1, 0.15) is 5.75 Å². The van der Waals surface area contributed by atoms with E-state index < -0.39 is 5.97 Å². The fraction of sp³-hybridized carbons (Fsp3) is 0.375. The number of aliphatic carboxylic acids is 1. The Bertz CT molecular complexity index is 537. The van der Waals surface area contributed by atoms with E-state index in [-0.39, 0.29) is 5.91 Å². The van der Waals surface area contributed by atoms with E-state index in [1.165, 1.54) is 13.2 Å². The van der Waals surface area contributed by atoms with Gasteiger partial charge in [-0.3, -0.25) is 4.79 Å². The van der Waals surface area contributed by atoms with Crippen LogP contribution in [0.25, 0.3) is 6.08 Å². The number of methoxy groups -OCH3 is 1. The highest BCUT2D eigenvalue weighted by molar-refractivity contribution is 5.95. The maximum absolute atomic E-state index is 12.3. The number of hydrogen-bond acceptors (Lipinski definition) is 3. The number of ether oxygens (including phenoxy) is 1. The third-order valence-corrected chi connectivity index (χ3v) is 3.08. The Labute approximate surface area is 124 Å². The van der Waals surface area contributed by atoms with Crippen LogP contribution in [0.5, 0.6) is 5.75 Å². The highest BCUT2D eigenvalue weighted by atomic mass is 16.5. The molecule has 0 fully saturated rings. The third kappa shape index (κ3) is 4.95. The summed E-state index contributed by atoms with van der Waals surface area (Å²) in [5.74, 6) is -0.606. The number of hydrogen-bond donors (Lipinski definition) is 1. The van der Waals surface area contributed by atoms with Gasteiger partial charge in [0.25, 0.3) is 5.91 Å². The molecule has 21 heavy (non-hydrogen) atoms. The molecule has 0 aliphatic carbocycles. The van der Waals surface area contributed by atoms with Crippen LogP contribution in [0.15, 0.2) is 24.3 Å². The molecule has 0 aromatic heterocycles. The molecular formula is C16H21NO4. The second kappa shape index (κ2) is 8.09. The average Bonchev–Trinajstić information content (AvgIpc) is 2.49. The quantitative estimate of drug-likeness (QED) is 0.784. The fourth-order valence-electron chi connectivity index (χ4n) is 1.88. The summed E-state index contributed by atoms with van der Waals surface area (Å²) in [4.78, 5) is 24.6. The molecule has 0 heterocycles. The van der Waals surface area contributed by atoms with Crippen molar-refractivity contribution in [2.45, 2.75) is 19.8 Å². The third-order valence-electron chi connectivity index (χ3n) is 3.08. The number of carbonyl (C=O) groups is 2. The number of amides is 1. The zero-order valence-electron chi connectivity index (χ0n) is 12.6. The van der Waals surface area contributed by atoms with Gasteiger partial charge in [-0.15, -0.1) is 0 Å². The summed E-state index contributed by atoms with van der Waals surface area (Å²) in [6, 6.07) is 4.99. The van der Waals surface area contributed by atoms with E-state index in [9.17, 15) is 9.59 Å². The highest BCUT2D eigenvalue weighted by Gasteiger charge is 2.13. The molecule has 0 saturated carbocycles. The maximum Gasteiger partial charge on any atom is 0.328 e. The van der Waals surface area contributed by atoms with Crippen molar-refractivity contribution < 1.29 is 19.4 Å². The van der Waals surface area contributed by atoms with E-state index in [1.54, 1.807) is 30.1 Å². The molecule has 5 nitrogen and oxygen atoms in total. The lowest BCUT2D eigenvalue weighted by Crippen LogP contribution is -2.27. The Hall–Kier alpha value is -2.30. The van der Waals surface area contributed by atoms with E-state index in [2.05, 4.69) is 6.92 Å². The molecule has 0 atom stereocenters. The Morgan fingerprint density at radius 3 is 2.67 bits per heavy atom. The van der Waals surface area contributed by atoms with Crippen molar-refractivity contribution in [3.8, 4) is 5.75 Å². The zero-order chi connectivity index (χ0) is 15.8. The van der Waals surface area contributed by atoms with Crippen molar-refractivity contribution in [1.82, 2.24) is 4.90 Å². The second-order valence-corrected chi connectivity index (χ2v) is 4.71. The standard InChI is InChI=1S/C16H21NO4/c1-4-5-10-17(2)16(20)13-6-8-14(21-3)12(11-13)7-9-15(18)19/h6-9,11H,4-5,10H2,1-3H3,(H,18,19). The van der Waals surface area contributed by atoms with Crippen LogP contribution >= 0.6 is 0 Å². The van der Waals surface area contributed by atoms with Gasteiger partial charge >= 0.3 is 5.97 Å². The number of carboxylic acids is 1. The molecule has 5 heteroatoms. The lowest BCUT2D eigenvalue weighted by atomic mass is 10.1. The molecule has 0 radical (unpaired) electrons. The number of benzene rings is 1. The topological polar surface area (TPSA) is 66.8 Å². The van der Waals surface area contributed by atoms with Crippen LogP contribution in [-0.2, 0) is 4.79 Å². The van der Waals surface area contributed by atoms with E-state index in [4.69, 9.17) is 9.84 Å². The molecule has 114 valence electrons. The van der Waals surface area contributed by atoms with Gasteiger partial charge < -0.3 is 14.7 Å². The van der Waals surface area contributed by atoms with Crippen LogP contribution < -0.4 is 4.74 Å². The summed E-state index contributed by atoms with van der Waals surface area (Å²) in [6.07, 6.45) is 4.41. The van der Waals surface area contributed by atoms with Gasteiger partial charge in [0.15, 0.2) is 0 Å². The predicted molar refractivity (Wildman–Crippen MR) is 81.5 cm³/mol. The van der Waals surface area contributed by atoms with Crippen molar-refractivity contribution in [3.63, 3.8) is 0 Å². The minimum Gasteiger partial charge on any atom is -0.496 e. The number of rotatable bonds is 7. The summed E-state index contributed by atoms with van der Waals surface area (Å²) < 4.78 is 5.17. The van der Waals surface area contributed by atoms with Crippen LogP contribution in [0.4, 0.5) is 0 Å². The second-order valence-electron chi connectivity index (χ2n) is 4.71. The van der Waals surface area contributed by atoms with Crippen molar-refractivity contribution in [3.05, 3.63) is 35.4 Å². The Kier molecular flexibility index (Phi) is 6.46. The van der Waals surface area contributed by atoms with Gasteiger partial charge in [-0.1, -0.05) is 13.3 Å². The normalized spacial score (nSPS) is 10.6. The van der Waals surface area contributed by atoms with E-state index in [0.29, 0.717) is 23.4 Å². The first kappa shape index (κ1) is 16.8. The first-order chi connectivity index (χ1) is 9.99. The molecule has 1 aromatic rings. The summed E-state index contributed by atoms with van der Waals surface area (Å²) in [5.41, 5.74) is 1.08. The lowest BCUT2D eigenvalue weighted by Gasteiger charge is -2.17. The molecule has 0 spiro atoms. The van der Waals surface area contributed by atoms with Crippen LogP contribution in [0, 0.1) is 0 Å². The average molecular weight is 291 g/mol. The minimum absolute atomic E-state index is 0.0870. The number of carbonyl (C=O) groups excluding carboxylic acids is 1. The summed E-state index contributed by atoms with van der Waals surface area (Å²) in [5, 5.41) is 8.70. The summed E-state index contributed by atoms with van der Waals surface area (Å²) in [7, 11) is 3.26. The van der Waals surface area contributed by atoms with Gasteiger partial charge in [0.05, 0.1) is 7.11 Å². The first-order valence-corrected chi connectivity index (χ1v) is 6.84. The molecule has 0 aliphatic rings. The van der Waals surface area contributed by atoms with Crippen LogP contribution in [0.1, 0.15) is 35.7 Å². The van der Waals surface area contributed by atoms with Crippen LogP contribution in [0.2, 0.25) is 0 Å². The number of nitrogens with zero attached hydrogens (tertiary/aromatic N) is 1. The largest absolute Gasteiger partial charge is 0.496 e. The van der Waals surface area contributed by atoms with Crippen molar-refractivity contribution >= 4 is 18.0 Å². The smallest absolute Gasteiger partial charge is 0.328 e. The Morgan fingerprint density at radius 2 is 2.10 bits per heavy atom. The number of unbranched alkanes of at least 4 members (excludes halogenated alkanes) is 1.